The van der Waals surface area contributed by atoms with Gasteiger partial charge in [0.2, 0.25) is 5.91 Å². The predicted molar refractivity (Wildman–Crippen MR) is 109 cm³/mol. The van der Waals surface area contributed by atoms with Crippen molar-refractivity contribution in [3.63, 3.8) is 0 Å². The zero-order valence-corrected chi connectivity index (χ0v) is 17.0. The number of unbranched alkanes of at least 4 members (excludes halogenated alkanes) is 1. The second kappa shape index (κ2) is 10.0. The third-order valence-electron chi connectivity index (χ3n) is 4.22. The minimum atomic E-state index is -1.17. The number of carbonyl (C=O) groups excluding carboxylic acids is 3. The summed E-state index contributed by atoms with van der Waals surface area (Å²) in [7, 11) is 0. The molecule has 0 unspecified atom stereocenters. The van der Waals surface area contributed by atoms with E-state index in [4.69, 9.17) is 5.73 Å². The van der Waals surface area contributed by atoms with E-state index < -0.39 is 17.4 Å². The summed E-state index contributed by atoms with van der Waals surface area (Å²) in [5.41, 5.74) is 4.49. The number of pyridine rings is 1. The molecule has 0 radical (unpaired) electrons. The van der Waals surface area contributed by atoms with E-state index in [1.54, 1.807) is 38.1 Å². The Labute approximate surface area is 169 Å². The van der Waals surface area contributed by atoms with Crippen LogP contribution in [0.1, 0.15) is 43.5 Å². The van der Waals surface area contributed by atoms with Gasteiger partial charge in [0, 0.05) is 29.9 Å². The number of benzene rings is 1. The van der Waals surface area contributed by atoms with Crippen LogP contribution < -0.4 is 15.6 Å². The number of primary amides is 1. The number of nitrogens with one attached hydrogen (secondary N) is 1. The third kappa shape index (κ3) is 6.49. The number of nitrogens with two attached hydrogens (primary N) is 1. The molecule has 0 aliphatic heterocycles. The summed E-state index contributed by atoms with van der Waals surface area (Å²) in [4.78, 5) is 36.9. The number of amides is 2. The normalized spacial score (nSPS) is 11.1. The van der Waals surface area contributed by atoms with Gasteiger partial charge in [-0.15, -0.1) is 0 Å². The van der Waals surface area contributed by atoms with E-state index in [2.05, 4.69) is 9.88 Å². The van der Waals surface area contributed by atoms with Gasteiger partial charge in [0.15, 0.2) is 17.5 Å². The molecule has 28 heavy (non-hydrogen) atoms. The number of thioether (sulfide) groups is 1. The number of rotatable bonds is 9. The zero-order valence-electron chi connectivity index (χ0n) is 16.2. The first kappa shape index (κ1) is 21.6. The molecule has 0 atom stereocenters. The monoisotopic (exact) mass is 400 g/mol. The van der Waals surface area contributed by atoms with Gasteiger partial charge in [-0.1, -0.05) is 30.0 Å². The largest absolute Gasteiger partial charge is 0.368 e. The second-order valence-electron chi connectivity index (χ2n) is 6.98. The molecule has 148 valence electrons. The molecule has 1 heterocycles. The highest BCUT2D eigenvalue weighted by Gasteiger charge is 2.28. The maximum absolute atomic E-state index is 12.5. The average Bonchev–Trinajstić information content (AvgIpc) is 2.66. The lowest BCUT2D eigenvalue weighted by Crippen LogP contribution is -2.53. The number of hydrogen-bond donors (Lipinski definition) is 2. The number of aryl methyl sites for hydroxylation is 1. The highest BCUT2D eigenvalue weighted by atomic mass is 32.2. The summed E-state index contributed by atoms with van der Waals surface area (Å²) in [6.45, 7) is 3.94. The maximum Gasteiger partial charge on any atom is 0.253 e. The quantitative estimate of drug-likeness (QED) is 0.384. The Bertz CT molecular complexity index is 838. The summed E-state index contributed by atoms with van der Waals surface area (Å²) in [6, 6.07) is 12.8. The Kier molecular flexibility index (Phi) is 7.75. The van der Waals surface area contributed by atoms with E-state index in [-0.39, 0.29) is 5.12 Å². The minimum absolute atomic E-state index is 0.00692. The fraction of sp³-hybridized carbons (Fsp3) is 0.333. The van der Waals surface area contributed by atoms with Crippen molar-refractivity contribution in [2.45, 2.75) is 50.1 Å². The molecule has 2 amide bonds. The Morgan fingerprint density at radius 1 is 1.04 bits per heavy atom. The van der Waals surface area contributed by atoms with Gasteiger partial charge in [-0.3, -0.25) is 14.4 Å². The number of hydrogen-bond acceptors (Lipinski definition) is 4. The first-order chi connectivity index (χ1) is 13.3. The number of nitrogens with zero attached hydrogens (tertiary/aromatic N) is 1. The molecule has 2 aromatic rings. The number of carbonyl (C=O) groups is 3. The topological polar surface area (TPSA) is 93.1 Å². The summed E-state index contributed by atoms with van der Waals surface area (Å²) in [6.07, 6.45) is 6.10. The van der Waals surface area contributed by atoms with E-state index in [0.717, 1.165) is 31.1 Å². The summed E-state index contributed by atoms with van der Waals surface area (Å²) in [5, 5.41) is 2.62. The van der Waals surface area contributed by atoms with Crippen molar-refractivity contribution in [2.75, 3.05) is 0 Å². The van der Waals surface area contributed by atoms with Gasteiger partial charge in [0.05, 0.1) is 5.56 Å². The van der Waals surface area contributed by atoms with Gasteiger partial charge >= 0.3 is 0 Å². The molecule has 1 aromatic carbocycles. The van der Waals surface area contributed by atoms with Crippen LogP contribution in [0.3, 0.4) is 0 Å². The number of aromatic nitrogens is 1. The lowest BCUT2D eigenvalue weighted by Gasteiger charge is -2.22. The fourth-order valence-electron chi connectivity index (χ4n) is 2.48. The molecule has 6 nitrogen and oxygen atoms in total. The summed E-state index contributed by atoms with van der Waals surface area (Å²) >= 11 is 1.06. The van der Waals surface area contributed by atoms with Crippen LogP contribution >= 0.6 is 11.8 Å². The van der Waals surface area contributed by atoms with Crippen LogP contribution in [0.5, 0.6) is 0 Å². The molecule has 2 rings (SSSR count). The highest BCUT2D eigenvalue weighted by molar-refractivity contribution is 8.13. The Balaban J connectivity index is 1.90. The van der Waals surface area contributed by atoms with E-state index in [1.807, 2.05) is 30.6 Å². The van der Waals surface area contributed by atoms with Gasteiger partial charge in [-0.2, -0.15) is 0 Å². The van der Waals surface area contributed by atoms with Crippen molar-refractivity contribution in [1.29, 1.82) is 0 Å². The lowest BCUT2D eigenvalue weighted by molar-refractivity contribution is -0.697. The summed E-state index contributed by atoms with van der Waals surface area (Å²) < 4.78 is 2.08. The van der Waals surface area contributed by atoms with Crippen molar-refractivity contribution < 1.29 is 19.0 Å². The van der Waals surface area contributed by atoms with Gasteiger partial charge < -0.3 is 11.1 Å². The van der Waals surface area contributed by atoms with E-state index >= 15 is 0 Å². The van der Waals surface area contributed by atoms with Crippen molar-refractivity contribution in [2.24, 2.45) is 5.73 Å². The standard InChI is InChI=1S/C21H25N3O3S/c1-21(2,20(22)27)23-19(26)16-10-4-5-11-17(16)28-18(25)12-6-9-15-24-13-7-3-8-14-24/h3-5,7-8,10-11,13-14H,6,9,12,15H2,1-2H3,(H2-,22,23,26,27)/p+1. The second-order valence-corrected chi connectivity index (χ2v) is 8.08. The summed E-state index contributed by atoms with van der Waals surface area (Å²) in [5.74, 6) is -1.06. The molecule has 0 spiro atoms. The Morgan fingerprint density at radius 2 is 1.71 bits per heavy atom. The van der Waals surface area contributed by atoms with Crippen molar-refractivity contribution in [3.8, 4) is 0 Å². The SMILES string of the molecule is CC(C)(NC(=O)c1ccccc1SC(=O)CCCC[n+]1ccccc1)C(N)=O. The van der Waals surface area contributed by atoms with Crippen molar-refractivity contribution in [3.05, 3.63) is 60.4 Å². The van der Waals surface area contributed by atoms with Crippen LogP contribution in [0.25, 0.3) is 0 Å². The average molecular weight is 401 g/mol. The van der Waals surface area contributed by atoms with Gasteiger partial charge in [0.1, 0.15) is 12.1 Å². The van der Waals surface area contributed by atoms with E-state index in [9.17, 15) is 14.4 Å². The highest BCUT2D eigenvalue weighted by Crippen LogP contribution is 2.25. The first-order valence-corrected chi connectivity index (χ1v) is 9.97. The molecule has 3 N–H and O–H groups in total. The van der Waals surface area contributed by atoms with Crippen molar-refractivity contribution in [1.82, 2.24) is 5.32 Å². The van der Waals surface area contributed by atoms with Gasteiger partial charge in [0.25, 0.3) is 5.91 Å². The van der Waals surface area contributed by atoms with Crippen LogP contribution in [-0.2, 0) is 16.1 Å². The molecule has 0 aliphatic rings. The predicted octanol–water partition coefficient (Wildman–Crippen LogP) is 2.46. The molecular weight excluding hydrogens is 374 g/mol. The van der Waals surface area contributed by atoms with Crippen molar-refractivity contribution >= 4 is 28.7 Å². The third-order valence-corrected chi connectivity index (χ3v) is 5.23. The Morgan fingerprint density at radius 3 is 2.39 bits per heavy atom. The molecule has 0 saturated carbocycles. The Hall–Kier alpha value is -2.67. The molecular formula is C21H26N3O3S+. The van der Waals surface area contributed by atoms with Crippen LogP contribution in [0.15, 0.2) is 59.8 Å². The molecule has 0 saturated heterocycles. The molecule has 0 fully saturated rings. The first-order valence-electron chi connectivity index (χ1n) is 9.16. The maximum atomic E-state index is 12.5. The van der Waals surface area contributed by atoms with Crippen LogP contribution in [0, 0.1) is 0 Å². The smallest absolute Gasteiger partial charge is 0.253 e. The molecule has 0 bridgehead atoms. The molecule has 1 aromatic heterocycles. The van der Waals surface area contributed by atoms with Crippen LogP contribution in [-0.4, -0.2) is 22.5 Å². The zero-order chi connectivity index (χ0) is 20.6. The van der Waals surface area contributed by atoms with Gasteiger partial charge in [-0.05, 0) is 32.4 Å². The lowest BCUT2D eigenvalue weighted by atomic mass is 10.0. The van der Waals surface area contributed by atoms with E-state index in [1.165, 1.54) is 0 Å². The minimum Gasteiger partial charge on any atom is -0.368 e. The molecule has 7 heteroatoms. The van der Waals surface area contributed by atoms with Crippen LogP contribution in [0.2, 0.25) is 0 Å². The fourth-order valence-corrected chi connectivity index (χ4v) is 3.39. The molecule has 0 aliphatic carbocycles. The van der Waals surface area contributed by atoms with Crippen LogP contribution in [0.4, 0.5) is 0 Å². The van der Waals surface area contributed by atoms with Gasteiger partial charge in [-0.25, -0.2) is 4.57 Å². The van der Waals surface area contributed by atoms with E-state index in [0.29, 0.717) is 16.9 Å².